The van der Waals surface area contributed by atoms with Crippen LogP contribution in [-0.2, 0) is 0 Å². The molecule has 17 heavy (non-hydrogen) atoms. The van der Waals surface area contributed by atoms with Crippen LogP contribution in [0, 0.1) is 32.5 Å². The van der Waals surface area contributed by atoms with E-state index in [-0.39, 0.29) is 0 Å². The van der Waals surface area contributed by atoms with Crippen molar-refractivity contribution in [2.24, 2.45) is 0 Å². The van der Waals surface area contributed by atoms with E-state index >= 15 is 0 Å². The van der Waals surface area contributed by atoms with E-state index in [1.165, 1.54) is 6.07 Å². The number of benzene rings is 1. The van der Waals surface area contributed by atoms with Crippen LogP contribution in [-0.4, -0.2) is 0 Å². The Morgan fingerprint density at radius 1 is 1.12 bits per heavy atom. The second-order valence-electron chi connectivity index (χ2n) is 4.09. The molecule has 2 rings (SSSR count). The van der Waals surface area contributed by atoms with Gasteiger partial charge < -0.3 is 4.57 Å². The highest BCUT2D eigenvalue weighted by molar-refractivity contribution is 5.64. The van der Waals surface area contributed by atoms with E-state index in [1.807, 2.05) is 19.1 Å². The lowest BCUT2D eigenvalue weighted by molar-refractivity contribution is -0.601. The number of nitrogens with zero attached hydrogens (tertiary/aromatic N) is 1. The van der Waals surface area contributed by atoms with Gasteiger partial charge in [0.25, 0.3) is 0 Å². The molecular formula is C14H13F2N. The minimum Gasteiger partial charge on any atom is -0.333 e. The first-order chi connectivity index (χ1) is 8.00. The monoisotopic (exact) mass is 233 g/mol. The van der Waals surface area contributed by atoms with Crippen LogP contribution in [0.1, 0.15) is 11.1 Å². The summed E-state index contributed by atoms with van der Waals surface area (Å²) in [6, 6.07) is 5.93. The molecular weight excluding hydrogens is 220 g/mol. The lowest BCUT2D eigenvalue weighted by Crippen LogP contribution is -2.29. The van der Waals surface area contributed by atoms with Crippen molar-refractivity contribution in [2.75, 3.05) is 0 Å². The summed E-state index contributed by atoms with van der Waals surface area (Å²) >= 11 is 0. The summed E-state index contributed by atoms with van der Waals surface area (Å²) < 4.78 is 28.5. The molecule has 1 nitrogen and oxygen atoms in total. The molecule has 0 aliphatic rings. The van der Waals surface area contributed by atoms with Crippen molar-refractivity contribution >= 4 is 0 Å². The summed E-state index contributed by atoms with van der Waals surface area (Å²) in [6.45, 7) is 3.56. The Labute approximate surface area is 99.3 Å². The van der Waals surface area contributed by atoms with Crippen molar-refractivity contribution in [1.29, 1.82) is 0 Å². The van der Waals surface area contributed by atoms with Crippen molar-refractivity contribution < 1.29 is 13.3 Å². The number of hydrogen-bond donors (Lipinski definition) is 0. The molecule has 0 fully saturated rings. The number of hydrogen-bond acceptors (Lipinski definition) is 0. The van der Waals surface area contributed by atoms with Gasteiger partial charge in [-0.1, -0.05) is 12.1 Å². The number of aryl methyl sites for hydroxylation is 2. The average Bonchev–Trinajstić information content (AvgIpc) is 2.21. The van der Waals surface area contributed by atoms with Crippen LogP contribution in [0.3, 0.4) is 0 Å². The molecule has 0 aliphatic carbocycles. The molecule has 0 bridgehead atoms. The second kappa shape index (κ2) is 4.17. The predicted octanol–water partition coefficient (Wildman–Crippen LogP) is 3.18. The fourth-order valence-electron chi connectivity index (χ4n) is 2.01. The molecule has 0 spiro atoms. The molecule has 88 valence electrons. The van der Waals surface area contributed by atoms with Crippen LogP contribution < -0.4 is 4.57 Å². The van der Waals surface area contributed by atoms with E-state index in [0.717, 1.165) is 11.6 Å². The maximum absolute atomic E-state index is 13.9. The molecule has 1 aromatic carbocycles. The Hall–Kier alpha value is -1.90. The third kappa shape index (κ3) is 2.00. The second-order valence-corrected chi connectivity index (χ2v) is 4.09. The molecule has 1 aromatic heterocycles. The predicted molar refractivity (Wildman–Crippen MR) is 62.2 cm³/mol. The van der Waals surface area contributed by atoms with Gasteiger partial charge in [-0.3, -0.25) is 0 Å². The van der Waals surface area contributed by atoms with E-state index in [2.05, 4.69) is 7.05 Å². The van der Waals surface area contributed by atoms with Crippen molar-refractivity contribution in [1.82, 2.24) is 0 Å². The standard InChI is InChI=1S/C14H13F2N/c1-9-5-4-6-17(3)14(9)13-10(2)7-11(15)8-12(13)16/h4-8H,3H2,1-2H3. The third-order valence-corrected chi connectivity index (χ3v) is 2.76. The maximum atomic E-state index is 13.9. The molecule has 0 atom stereocenters. The Kier molecular flexibility index (Phi) is 2.84. The van der Waals surface area contributed by atoms with E-state index < -0.39 is 11.6 Å². The van der Waals surface area contributed by atoms with Gasteiger partial charge in [0.1, 0.15) is 17.3 Å². The molecule has 2 aromatic rings. The molecule has 0 N–H and O–H groups in total. The molecule has 0 amide bonds. The topological polar surface area (TPSA) is 3.88 Å². The summed E-state index contributed by atoms with van der Waals surface area (Å²) in [4.78, 5) is 0. The minimum atomic E-state index is -0.562. The van der Waals surface area contributed by atoms with E-state index in [1.54, 1.807) is 17.7 Å². The highest BCUT2D eigenvalue weighted by Gasteiger charge is 2.15. The molecule has 3 heteroatoms. The van der Waals surface area contributed by atoms with Gasteiger partial charge in [0.15, 0.2) is 0 Å². The van der Waals surface area contributed by atoms with Gasteiger partial charge in [-0.15, -0.1) is 0 Å². The fraction of sp³-hybridized carbons (Fsp3) is 0.143. The highest BCUT2D eigenvalue weighted by atomic mass is 19.1. The molecule has 0 saturated carbocycles. The van der Waals surface area contributed by atoms with Gasteiger partial charge in [-0.2, -0.15) is 0 Å². The van der Waals surface area contributed by atoms with Crippen molar-refractivity contribution in [2.45, 2.75) is 13.8 Å². The van der Waals surface area contributed by atoms with E-state index in [0.29, 0.717) is 16.8 Å². The summed E-state index contributed by atoms with van der Waals surface area (Å²) in [7, 11) is 3.82. The maximum Gasteiger partial charge on any atom is 0.127 e. The van der Waals surface area contributed by atoms with Crippen LogP contribution >= 0.6 is 0 Å². The summed E-state index contributed by atoms with van der Waals surface area (Å²) in [5.74, 6) is -1.12. The summed E-state index contributed by atoms with van der Waals surface area (Å²) in [5.41, 5.74) is 2.53. The Morgan fingerprint density at radius 3 is 2.41 bits per heavy atom. The summed E-state index contributed by atoms with van der Waals surface area (Å²) in [5, 5.41) is 0. The Bertz CT molecular complexity index is 533. The summed E-state index contributed by atoms with van der Waals surface area (Å²) in [6.07, 6.45) is 1.74. The molecule has 0 unspecified atom stereocenters. The van der Waals surface area contributed by atoms with Crippen molar-refractivity contribution in [3.8, 4) is 11.3 Å². The van der Waals surface area contributed by atoms with Gasteiger partial charge in [0.05, 0.1) is 6.20 Å². The van der Waals surface area contributed by atoms with Crippen LogP contribution in [0.2, 0.25) is 0 Å². The SMILES string of the molecule is [CH2-][n+]1cccc(C)c1-c1c(C)cc(F)cc1F. The zero-order chi connectivity index (χ0) is 12.6. The minimum absolute atomic E-state index is 0.402. The van der Waals surface area contributed by atoms with Gasteiger partial charge in [-0.05, 0) is 31.0 Å². The quantitative estimate of drug-likeness (QED) is 0.526. The van der Waals surface area contributed by atoms with Crippen molar-refractivity contribution in [3.63, 3.8) is 0 Å². The van der Waals surface area contributed by atoms with Gasteiger partial charge in [0.2, 0.25) is 0 Å². The first-order valence-corrected chi connectivity index (χ1v) is 5.29. The van der Waals surface area contributed by atoms with E-state index in [9.17, 15) is 8.78 Å². The number of aromatic nitrogens is 1. The lowest BCUT2D eigenvalue weighted by atomic mass is 10.0. The first kappa shape index (κ1) is 11.6. The largest absolute Gasteiger partial charge is 0.333 e. The van der Waals surface area contributed by atoms with Crippen LogP contribution in [0.4, 0.5) is 8.78 Å². The molecule has 0 radical (unpaired) electrons. The number of pyridine rings is 1. The molecule has 0 saturated heterocycles. The zero-order valence-electron chi connectivity index (χ0n) is 9.80. The van der Waals surface area contributed by atoms with Crippen molar-refractivity contribution in [3.05, 3.63) is 60.3 Å². The van der Waals surface area contributed by atoms with Crippen LogP contribution in [0.25, 0.3) is 11.3 Å². The lowest BCUT2D eigenvalue weighted by Gasteiger charge is -2.14. The Balaban J connectivity index is 2.77. The Morgan fingerprint density at radius 2 is 1.82 bits per heavy atom. The first-order valence-electron chi connectivity index (χ1n) is 5.29. The average molecular weight is 233 g/mol. The molecule has 1 heterocycles. The number of halogens is 2. The van der Waals surface area contributed by atoms with Gasteiger partial charge >= 0.3 is 0 Å². The van der Waals surface area contributed by atoms with E-state index in [4.69, 9.17) is 0 Å². The van der Waals surface area contributed by atoms with Crippen LogP contribution in [0.5, 0.6) is 0 Å². The normalized spacial score (nSPS) is 10.6. The third-order valence-electron chi connectivity index (χ3n) is 2.76. The van der Waals surface area contributed by atoms with Crippen LogP contribution in [0.15, 0.2) is 30.5 Å². The van der Waals surface area contributed by atoms with Gasteiger partial charge in [0, 0.05) is 18.7 Å². The smallest absolute Gasteiger partial charge is 0.127 e. The zero-order valence-corrected chi connectivity index (χ0v) is 9.80. The molecule has 0 aliphatic heterocycles. The highest BCUT2D eigenvalue weighted by Crippen LogP contribution is 2.27. The fourth-order valence-corrected chi connectivity index (χ4v) is 2.01. The van der Waals surface area contributed by atoms with Gasteiger partial charge in [-0.25, -0.2) is 8.78 Å². The number of rotatable bonds is 1.